The topological polar surface area (TPSA) is 9.23 Å². The van der Waals surface area contributed by atoms with E-state index in [9.17, 15) is 0 Å². The first-order valence-corrected chi connectivity index (χ1v) is 7.55. The van der Waals surface area contributed by atoms with Gasteiger partial charge in [0.25, 0.3) is 7.63 Å². The summed E-state index contributed by atoms with van der Waals surface area (Å²) in [7, 11) is -0.263. The van der Waals surface area contributed by atoms with Crippen molar-refractivity contribution in [1.29, 1.82) is 0 Å². The highest BCUT2D eigenvalue weighted by Gasteiger charge is 2.24. The fourth-order valence-corrected chi connectivity index (χ4v) is 2.60. The van der Waals surface area contributed by atoms with Gasteiger partial charge in [-0.05, 0) is 12.1 Å². The molecule has 3 heteroatoms. The zero-order valence-electron chi connectivity index (χ0n) is 7.38. The van der Waals surface area contributed by atoms with Gasteiger partial charge < -0.3 is 4.43 Å². The van der Waals surface area contributed by atoms with Gasteiger partial charge in [0.05, 0.1) is 0 Å². The fourth-order valence-electron chi connectivity index (χ4n) is 1.03. The highest BCUT2D eigenvalue weighted by Crippen LogP contribution is 2.15. The van der Waals surface area contributed by atoms with Crippen LogP contribution < -0.4 is 0 Å². The molecule has 1 rings (SSSR count). The maximum absolute atomic E-state index is 6.17. The third kappa shape index (κ3) is 2.97. The number of benzene rings is 1. The summed E-state index contributed by atoms with van der Waals surface area (Å²) in [6, 6.07) is 11.1. The minimum Gasteiger partial charge on any atom is -0.406 e. The fraction of sp³-hybridized carbons (Fsp3) is 0.333. The van der Waals surface area contributed by atoms with E-state index in [0.717, 1.165) is 6.04 Å². The average Bonchev–Trinajstić information content (AvgIpc) is 2.06. The number of rotatable bonds is 3. The maximum atomic E-state index is 6.17. The molecule has 0 saturated heterocycles. The van der Waals surface area contributed by atoms with E-state index in [1.54, 1.807) is 7.11 Å². The lowest BCUT2D eigenvalue weighted by atomic mass is 10.2. The van der Waals surface area contributed by atoms with Crippen molar-refractivity contribution >= 4 is 18.7 Å². The predicted molar refractivity (Wildman–Crippen MR) is 54.6 cm³/mol. The summed E-state index contributed by atoms with van der Waals surface area (Å²) in [6.07, 6.45) is 0. The lowest BCUT2D eigenvalue weighted by Crippen LogP contribution is -2.29. The Labute approximate surface area is 79.2 Å². The molecule has 0 heterocycles. The molecular weight excluding hydrogens is 188 g/mol. The van der Waals surface area contributed by atoms with Gasteiger partial charge in [0.1, 0.15) is 0 Å². The van der Waals surface area contributed by atoms with Gasteiger partial charge in [-0.1, -0.05) is 30.3 Å². The van der Waals surface area contributed by atoms with Crippen molar-refractivity contribution in [2.24, 2.45) is 0 Å². The average molecular weight is 201 g/mol. The molecular formula is C9H13ClOSi. The maximum Gasteiger partial charge on any atom is 0.291 e. The summed E-state index contributed by atoms with van der Waals surface area (Å²) in [5.74, 6) is 0. The molecule has 0 saturated carbocycles. The molecule has 0 N–H and O–H groups in total. The van der Waals surface area contributed by atoms with Crippen molar-refractivity contribution in [3.8, 4) is 0 Å². The first-order chi connectivity index (χ1) is 5.64. The molecule has 66 valence electrons. The number of hydrogen-bond donors (Lipinski definition) is 0. The van der Waals surface area contributed by atoms with Gasteiger partial charge in [-0.2, -0.15) is 0 Å². The van der Waals surface area contributed by atoms with E-state index in [1.165, 1.54) is 5.56 Å². The van der Waals surface area contributed by atoms with E-state index in [0.29, 0.717) is 0 Å². The molecule has 1 atom stereocenters. The SMILES string of the molecule is CO[Si](C)(Cl)Cc1ccccc1. The second-order valence-electron chi connectivity index (χ2n) is 2.97. The molecule has 1 unspecified atom stereocenters. The molecule has 1 aromatic rings. The van der Waals surface area contributed by atoms with Gasteiger partial charge in [0, 0.05) is 13.2 Å². The normalized spacial score (nSPS) is 15.6. The largest absolute Gasteiger partial charge is 0.406 e. The van der Waals surface area contributed by atoms with Crippen molar-refractivity contribution in [3.63, 3.8) is 0 Å². The second kappa shape index (κ2) is 4.08. The van der Waals surface area contributed by atoms with Crippen LogP contribution in [-0.4, -0.2) is 14.7 Å². The van der Waals surface area contributed by atoms with Gasteiger partial charge >= 0.3 is 0 Å². The van der Waals surface area contributed by atoms with E-state index < -0.39 is 7.63 Å². The highest BCUT2D eigenvalue weighted by atomic mass is 35.6. The Morgan fingerprint density at radius 3 is 2.42 bits per heavy atom. The highest BCUT2D eigenvalue weighted by molar-refractivity contribution is 7.15. The summed E-state index contributed by atoms with van der Waals surface area (Å²) in [4.78, 5) is 0. The summed E-state index contributed by atoms with van der Waals surface area (Å²) in [5, 5.41) is 0. The molecule has 0 aliphatic carbocycles. The van der Waals surface area contributed by atoms with E-state index in [2.05, 4.69) is 12.1 Å². The number of hydrogen-bond acceptors (Lipinski definition) is 1. The van der Waals surface area contributed by atoms with Gasteiger partial charge in [0.15, 0.2) is 0 Å². The minimum atomic E-state index is -1.95. The van der Waals surface area contributed by atoms with E-state index in [-0.39, 0.29) is 0 Å². The van der Waals surface area contributed by atoms with Crippen LogP contribution in [0.3, 0.4) is 0 Å². The standard InChI is InChI=1S/C9H13ClOSi/c1-11-12(2,10)8-9-6-4-3-5-7-9/h3-7H,8H2,1-2H3. The van der Waals surface area contributed by atoms with Crippen LogP contribution in [0.1, 0.15) is 5.56 Å². The number of halogens is 1. The first-order valence-electron chi connectivity index (χ1n) is 3.92. The summed E-state index contributed by atoms with van der Waals surface area (Å²) in [5.41, 5.74) is 1.25. The molecule has 12 heavy (non-hydrogen) atoms. The van der Waals surface area contributed by atoms with Crippen LogP contribution in [0, 0.1) is 0 Å². The molecule has 1 aromatic carbocycles. The van der Waals surface area contributed by atoms with E-state index >= 15 is 0 Å². The van der Waals surface area contributed by atoms with Crippen LogP contribution in [0.25, 0.3) is 0 Å². The Kier molecular flexibility index (Phi) is 3.32. The zero-order chi connectivity index (χ0) is 9.03. The van der Waals surface area contributed by atoms with Crippen molar-refractivity contribution in [2.45, 2.75) is 12.6 Å². The van der Waals surface area contributed by atoms with Crippen molar-refractivity contribution in [2.75, 3.05) is 7.11 Å². The first kappa shape index (κ1) is 9.77. The van der Waals surface area contributed by atoms with E-state index in [4.69, 9.17) is 15.5 Å². The Bertz CT molecular complexity index is 236. The molecule has 0 aliphatic heterocycles. The zero-order valence-corrected chi connectivity index (χ0v) is 9.14. The van der Waals surface area contributed by atoms with Crippen molar-refractivity contribution in [3.05, 3.63) is 35.9 Å². The van der Waals surface area contributed by atoms with Gasteiger partial charge in [-0.3, -0.25) is 0 Å². The predicted octanol–water partition coefficient (Wildman–Crippen LogP) is 2.73. The smallest absolute Gasteiger partial charge is 0.291 e. The Balaban J connectivity index is 2.64. The van der Waals surface area contributed by atoms with E-state index in [1.807, 2.05) is 24.7 Å². The van der Waals surface area contributed by atoms with Gasteiger partial charge in [-0.15, -0.1) is 11.1 Å². The lowest BCUT2D eigenvalue weighted by Gasteiger charge is -2.16. The summed E-state index contributed by atoms with van der Waals surface area (Å²) >= 11 is 6.17. The Hall–Kier alpha value is -0.313. The van der Waals surface area contributed by atoms with Crippen LogP contribution >= 0.6 is 11.1 Å². The summed E-state index contributed by atoms with van der Waals surface area (Å²) in [6.45, 7) is 2.00. The molecule has 0 aromatic heterocycles. The van der Waals surface area contributed by atoms with Crippen LogP contribution in [0.2, 0.25) is 6.55 Å². The Morgan fingerprint density at radius 2 is 1.92 bits per heavy atom. The van der Waals surface area contributed by atoms with Crippen molar-refractivity contribution < 1.29 is 4.43 Å². The molecule has 0 radical (unpaired) electrons. The van der Waals surface area contributed by atoms with Crippen LogP contribution in [0.5, 0.6) is 0 Å². The quantitative estimate of drug-likeness (QED) is 0.539. The van der Waals surface area contributed by atoms with Gasteiger partial charge in [0.2, 0.25) is 0 Å². The molecule has 0 fully saturated rings. The lowest BCUT2D eigenvalue weighted by molar-refractivity contribution is 0.415. The second-order valence-corrected chi connectivity index (χ2v) is 8.33. The molecule has 0 spiro atoms. The molecule has 0 bridgehead atoms. The monoisotopic (exact) mass is 200 g/mol. The van der Waals surface area contributed by atoms with Crippen LogP contribution in [-0.2, 0) is 10.5 Å². The molecule has 0 amide bonds. The third-order valence-corrected chi connectivity index (χ3v) is 4.54. The molecule has 1 nitrogen and oxygen atoms in total. The van der Waals surface area contributed by atoms with Gasteiger partial charge in [-0.25, -0.2) is 0 Å². The van der Waals surface area contributed by atoms with Crippen molar-refractivity contribution in [1.82, 2.24) is 0 Å². The third-order valence-electron chi connectivity index (χ3n) is 1.79. The van der Waals surface area contributed by atoms with Crippen LogP contribution in [0.4, 0.5) is 0 Å². The molecule has 0 aliphatic rings. The Morgan fingerprint density at radius 1 is 1.33 bits per heavy atom. The summed E-state index contributed by atoms with van der Waals surface area (Å²) < 4.78 is 5.25. The minimum absolute atomic E-state index is 0.867. The van der Waals surface area contributed by atoms with Crippen LogP contribution in [0.15, 0.2) is 30.3 Å².